The molecule has 0 aliphatic rings. The van der Waals surface area contributed by atoms with Crippen LogP contribution in [0.15, 0.2) is 65.8 Å². The van der Waals surface area contributed by atoms with Gasteiger partial charge in [0.2, 0.25) is 5.95 Å². The Morgan fingerprint density at radius 3 is 2.41 bits per heavy atom. The molecule has 11 heteroatoms. The number of sulfonamides is 1. The maximum atomic E-state index is 12.4. The standard InChI is InChI=1S/C18H16ClN5O3S2/c1-27-16-8-3-12(19)11-15(16)23-18(28)22-13-4-6-14(7-5-13)29(25,26)24-17-20-9-2-10-21-17/h2-11H,1H3,(H,20,21,24)(H2,22,23,28). The van der Waals surface area contributed by atoms with Gasteiger partial charge in [-0.3, -0.25) is 0 Å². The number of thiocarbonyl (C=S) groups is 1. The molecule has 0 unspecified atom stereocenters. The zero-order chi connectivity index (χ0) is 20.9. The third kappa shape index (κ3) is 5.53. The number of anilines is 3. The lowest BCUT2D eigenvalue weighted by Gasteiger charge is -2.14. The Bertz CT molecular complexity index is 1110. The van der Waals surface area contributed by atoms with E-state index in [9.17, 15) is 8.42 Å². The van der Waals surface area contributed by atoms with Crippen molar-refractivity contribution in [2.45, 2.75) is 4.90 Å². The highest BCUT2D eigenvalue weighted by molar-refractivity contribution is 7.92. The first-order valence-corrected chi connectivity index (χ1v) is 10.5. The van der Waals surface area contributed by atoms with Gasteiger partial charge >= 0.3 is 0 Å². The Morgan fingerprint density at radius 1 is 1.07 bits per heavy atom. The van der Waals surface area contributed by atoms with Crippen LogP contribution in [-0.4, -0.2) is 30.6 Å². The Hall–Kier alpha value is -2.95. The van der Waals surface area contributed by atoms with Crippen molar-refractivity contribution in [1.82, 2.24) is 9.97 Å². The summed E-state index contributed by atoms with van der Waals surface area (Å²) in [6.45, 7) is 0. The van der Waals surface area contributed by atoms with Gasteiger partial charge in [0.1, 0.15) is 5.75 Å². The summed E-state index contributed by atoms with van der Waals surface area (Å²) in [5.74, 6) is 0.574. The van der Waals surface area contributed by atoms with Crippen molar-refractivity contribution in [3.8, 4) is 5.75 Å². The van der Waals surface area contributed by atoms with Crippen molar-refractivity contribution in [3.05, 3.63) is 65.9 Å². The first kappa shape index (κ1) is 20.8. The average Bonchev–Trinajstić information content (AvgIpc) is 2.69. The van der Waals surface area contributed by atoms with Crippen molar-refractivity contribution in [3.63, 3.8) is 0 Å². The third-order valence-corrected chi connectivity index (χ3v) is 5.41. The quantitative estimate of drug-likeness (QED) is 0.488. The van der Waals surface area contributed by atoms with E-state index in [1.54, 1.807) is 43.5 Å². The second-order valence-corrected chi connectivity index (χ2v) is 8.15. The van der Waals surface area contributed by atoms with E-state index in [-0.39, 0.29) is 16.0 Å². The molecule has 8 nitrogen and oxygen atoms in total. The van der Waals surface area contributed by atoms with Crippen molar-refractivity contribution in [2.75, 3.05) is 22.5 Å². The number of nitrogens with zero attached hydrogens (tertiary/aromatic N) is 2. The topological polar surface area (TPSA) is 105 Å². The highest BCUT2D eigenvalue weighted by atomic mass is 35.5. The molecule has 0 fully saturated rings. The van der Waals surface area contributed by atoms with E-state index >= 15 is 0 Å². The first-order chi connectivity index (χ1) is 13.9. The second-order valence-electron chi connectivity index (χ2n) is 5.63. The fourth-order valence-electron chi connectivity index (χ4n) is 2.31. The third-order valence-electron chi connectivity index (χ3n) is 3.62. The molecular formula is C18H16ClN5O3S2. The SMILES string of the molecule is COc1ccc(Cl)cc1NC(=S)Nc1ccc(S(=O)(=O)Nc2ncccn2)cc1. The van der Waals surface area contributed by atoms with Crippen LogP contribution in [0.5, 0.6) is 5.75 Å². The van der Waals surface area contributed by atoms with Gasteiger partial charge in [-0.1, -0.05) is 11.6 Å². The number of hydrogen-bond acceptors (Lipinski definition) is 6. The fraction of sp³-hybridized carbons (Fsp3) is 0.0556. The van der Waals surface area contributed by atoms with Crippen LogP contribution in [0, 0.1) is 0 Å². The predicted octanol–water partition coefficient (Wildman–Crippen LogP) is 3.75. The lowest BCUT2D eigenvalue weighted by molar-refractivity contribution is 0.417. The molecule has 0 saturated carbocycles. The van der Waals surface area contributed by atoms with Gasteiger partial charge in [-0.2, -0.15) is 0 Å². The molecule has 0 amide bonds. The summed E-state index contributed by atoms with van der Waals surface area (Å²) in [6, 6.07) is 12.8. The number of methoxy groups -OCH3 is 1. The molecule has 1 aromatic heterocycles. The van der Waals surface area contributed by atoms with Crippen LogP contribution in [0.25, 0.3) is 0 Å². The summed E-state index contributed by atoms with van der Waals surface area (Å²) in [5, 5.41) is 6.78. The highest BCUT2D eigenvalue weighted by Crippen LogP contribution is 2.28. The number of aromatic nitrogens is 2. The number of hydrogen-bond donors (Lipinski definition) is 3. The molecule has 29 heavy (non-hydrogen) atoms. The lowest BCUT2D eigenvalue weighted by atomic mass is 10.3. The number of benzene rings is 2. The summed E-state index contributed by atoms with van der Waals surface area (Å²) in [6.07, 6.45) is 2.89. The highest BCUT2D eigenvalue weighted by Gasteiger charge is 2.15. The van der Waals surface area contributed by atoms with E-state index in [2.05, 4.69) is 25.3 Å². The minimum Gasteiger partial charge on any atom is -0.495 e. The normalized spacial score (nSPS) is 10.8. The van der Waals surface area contributed by atoms with Crippen LogP contribution in [-0.2, 0) is 10.0 Å². The Morgan fingerprint density at radius 2 is 1.76 bits per heavy atom. The maximum absolute atomic E-state index is 12.4. The van der Waals surface area contributed by atoms with Gasteiger partial charge in [0.25, 0.3) is 10.0 Å². The largest absolute Gasteiger partial charge is 0.495 e. The van der Waals surface area contributed by atoms with Gasteiger partial charge < -0.3 is 15.4 Å². The molecule has 0 radical (unpaired) electrons. The zero-order valence-corrected chi connectivity index (χ0v) is 17.5. The summed E-state index contributed by atoms with van der Waals surface area (Å²) < 4.78 is 32.4. The Kier molecular flexibility index (Phi) is 6.47. The van der Waals surface area contributed by atoms with E-state index in [0.29, 0.717) is 22.1 Å². The van der Waals surface area contributed by atoms with E-state index in [1.165, 1.54) is 24.5 Å². The number of rotatable bonds is 6. The molecule has 0 aliphatic carbocycles. The van der Waals surface area contributed by atoms with Crippen molar-refractivity contribution in [2.24, 2.45) is 0 Å². The van der Waals surface area contributed by atoms with Gasteiger partial charge in [-0.05, 0) is 60.7 Å². The molecule has 2 aromatic carbocycles. The Labute approximate surface area is 178 Å². The van der Waals surface area contributed by atoms with Crippen molar-refractivity contribution in [1.29, 1.82) is 0 Å². The minimum atomic E-state index is -3.80. The summed E-state index contributed by atoms with van der Waals surface area (Å²) in [7, 11) is -2.26. The minimum absolute atomic E-state index is 0.00412. The van der Waals surface area contributed by atoms with Crippen molar-refractivity contribution < 1.29 is 13.2 Å². The monoisotopic (exact) mass is 449 g/mol. The van der Waals surface area contributed by atoms with Gasteiger partial charge in [0.05, 0.1) is 17.7 Å². The van der Waals surface area contributed by atoms with Gasteiger partial charge in [-0.15, -0.1) is 0 Å². The van der Waals surface area contributed by atoms with Gasteiger partial charge in [0.15, 0.2) is 5.11 Å². The lowest BCUT2D eigenvalue weighted by Crippen LogP contribution is -2.19. The van der Waals surface area contributed by atoms with Crippen molar-refractivity contribution >= 4 is 56.3 Å². The molecule has 0 bridgehead atoms. The smallest absolute Gasteiger partial charge is 0.264 e. The van der Waals surface area contributed by atoms with Crippen LogP contribution in [0.4, 0.5) is 17.3 Å². The summed E-state index contributed by atoms with van der Waals surface area (Å²) in [5.41, 5.74) is 1.20. The molecule has 0 saturated heterocycles. The molecule has 3 aromatic rings. The van der Waals surface area contributed by atoms with Crippen LogP contribution in [0.2, 0.25) is 5.02 Å². The molecular weight excluding hydrogens is 434 g/mol. The van der Waals surface area contributed by atoms with E-state index in [4.69, 9.17) is 28.6 Å². The average molecular weight is 450 g/mol. The zero-order valence-electron chi connectivity index (χ0n) is 15.1. The summed E-state index contributed by atoms with van der Waals surface area (Å²) in [4.78, 5) is 7.76. The van der Waals surface area contributed by atoms with E-state index in [1.807, 2.05) is 0 Å². The molecule has 3 N–H and O–H groups in total. The number of nitrogens with one attached hydrogen (secondary N) is 3. The molecule has 0 aliphatic heterocycles. The van der Waals surface area contributed by atoms with Crippen LogP contribution in [0.1, 0.15) is 0 Å². The molecule has 1 heterocycles. The second kappa shape index (κ2) is 9.03. The van der Waals surface area contributed by atoms with Gasteiger partial charge in [-0.25, -0.2) is 23.1 Å². The summed E-state index contributed by atoms with van der Waals surface area (Å²) >= 11 is 11.3. The van der Waals surface area contributed by atoms with Gasteiger partial charge in [0, 0.05) is 23.1 Å². The molecule has 150 valence electrons. The number of ether oxygens (including phenoxy) is 1. The van der Waals surface area contributed by atoms with Crippen LogP contribution < -0.4 is 20.1 Å². The maximum Gasteiger partial charge on any atom is 0.264 e. The molecule has 3 rings (SSSR count). The predicted molar refractivity (Wildman–Crippen MR) is 117 cm³/mol. The Balaban J connectivity index is 1.67. The van der Waals surface area contributed by atoms with E-state index < -0.39 is 10.0 Å². The van der Waals surface area contributed by atoms with Crippen LogP contribution in [0.3, 0.4) is 0 Å². The first-order valence-electron chi connectivity index (χ1n) is 8.19. The van der Waals surface area contributed by atoms with E-state index in [0.717, 1.165) is 0 Å². The fourth-order valence-corrected chi connectivity index (χ4v) is 3.67. The molecule has 0 atom stereocenters. The van der Waals surface area contributed by atoms with Crippen LogP contribution >= 0.6 is 23.8 Å². The number of halogens is 1. The molecule has 0 spiro atoms.